The number of hydrogen-bond acceptors (Lipinski definition) is 4. The highest BCUT2D eigenvalue weighted by molar-refractivity contribution is 5.24. The van der Waals surface area contributed by atoms with Crippen LogP contribution in [0.1, 0.15) is 25.3 Å². The average Bonchev–Trinajstić information content (AvgIpc) is 2.23. The molecule has 0 bridgehead atoms. The Morgan fingerprint density at radius 3 is 3.00 bits per heavy atom. The van der Waals surface area contributed by atoms with Gasteiger partial charge in [-0.1, -0.05) is 13.3 Å². The molecule has 0 atom stereocenters. The number of nitrogens with one attached hydrogen (secondary N) is 2. The predicted octanol–water partition coefficient (Wildman–Crippen LogP) is 0.517. The van der Waals surface area contributed by atoms with Crippen LogP contribution in [-0.4, -0.2) is 28.2 Å². The number of aromatic amines is 1. The molecule has 3 N–H and O–H groups in total. The largest absolute Gasteiger partial charge is 0.396 e. The fourth-order valence-electron chi connectivity index (χ4n) is 1.19. The molecular formula is C10H17N3O2. The summed E-state index contributed by atoms with van der Waals surface area (Å²) in [5.74, 6) is 0.495. The Morgan fingerprint density at radius 2 is 2.40 bits per heavy atom. The van der Waals surface area contributed by atoms with Crippen molar-refractivity contribution < 1.29 is 5.11 Å². The summed E-state index contributed by atoms with van der Waals surface area (Å²) in [7, 11) is 0. The average molecular weight is 211 g/mol. The Hall–Kier alpha value is -1.36. The molecule has 0 aromatic carbocycles. The second-order valence-electron chi connectivity index (χ2n) is 3.34. The van der Waals surface area contributed by atoms with E-state index in [1.54, 1.807) is 0 Å². The lowest BCUT2D eigenvalue weighted by Crippen LogP contribution is -2.18. The van der Waals surface area contributed by atoms with Crippen LogP contribution in [0.2, 0.25) is 0 Å². The van der Waals surface area contributed by atoms with Crippen LogP contribution in [0.3, 0.4) is 0 Å². The summed E-state index contributed by atoms with van der Waals surface area (Å²) in [6.07, 6.45) is 3.99. The molecule has 0 amide bonds. The fourth-order valence-corrected chi connectivity index (χ4v) is 1.19. The summed E-state index contributed by atoms with van der Waals surface area (Å²) in [4.78, 5) is 18.1. The van der Waals surface area contributed by atoms with Crippen molar-refractivity contribution in [2.75, 3.05) is 18.5 Å². The van der Waals surface area contributed by atoms with E-state index in [2.05, 4.69) is 22.2 Å². The standard InChI is InChI=1S/C10H17N3O2/c1-2-3-5-11-10-12-7-8(4-6-14)9(15)13-10/h7,14H,2-6H2,1H3,(H2,11,12,13,15). The van der Waals surface area contributed by atoms with Gasteiger partial charge in [-0.25, -0.2) is 4.98 Å². The predicted molar refractivity (Wildman–Crippen MR) is 59.0 cm³/mol. The van der Waals surface area contributed by atoms with Gasteiger partial charge >= 0.3 is 0 Å². The summed E-state index contributed by atoms with van der Waals surface area (Å²) in [5, 5.41) is 11.7. The molecule has 0 aliphatic carbocycles. The van der Waals surface area contributed by atoms with Crippen molar-refractivity contribution in [3.05, 3.63) is 22.1 Å². The highest BCUT2D eigenvalue weighted by atomic mass is 16.3. The first-order valence-corrected chi connectivity index (χ1v) is 5.21. The lowest BCUT2D eigenvalue weighted by Gasteiger charge is -2.04. The minimum atomic E-state index is -0.182. The van der Waals surface area contributed by atoms with Crippen LogP contribution in [0.5, 0.6) is 0 Å². The normalized spacial score (nSPS) is 10.3. The van der Waals surface area contributed by atoms with E-state index in [1.165, 1.54) is 6.20 Å². The third kappa shape index (κ3) is 3.71. The van der Waals surface area contributed by atoms with Gasteiger partial charge in [-0.05, 0) is 6.42 Å². The van der Waals surface area contributed by atoms with E-state index in [9.17, 15) is 4.79 Å². The first-order valence-electron chi connectivity index (χ1n) is 5.21. The molecular weight excluding hydrogens is 194 g/mol. The van der Waals surface area contributed by atoms with Gasteiger partial charge in [0.2, 0.25) is 5.95 Å². The van der Waals surface area contributed by atoms with E-state index in [4.69, 9.17) is 5.11 Å². The summed E-state index contributed by atoms with van der Waals surface area (Å²) in [5.41, 5.74) is 0.330. The maximum absolute atomic E-state index is 11.4. The molecule has 5 heteroatoms. The highest BCUT2D eigenvalue weighted by Crippen LogP contribution is 1.96. The zero-order valence-electron chi connectivity index (χ0n) is 8.92. The highest BCUT2D eigenvalue weighted by Gasteiger charge is 2.00. The Morgan fingerprint density at radius 1 is 1.60 bits per heavy atom. The smallest absolute Gasteiger partial charge is 0.255 e. The topological polar surface area (TPSA) is 78.0 Å². The molecule has 0 fully saturated rings. The molecule has 0 unspecified atom stereocenters. The molecule has 1 heterocycles. The van der Waals surface area contributed by atoms with Crippen LogP contribution >= 0.6 is 0 Å². The second-order valence-corrected chi connectivity index (χ2v) is 3.34. The number of anilines is 1. The van der Waals surface area contributed by atoms with E-state index in [0.717, 1.165) is 19.4 Å². The summed E-state index contributed by atoms with van der Waals surface area (Å²) in [6, 6.07) is 0. The Kier molecular flexibility index (Phi) is 4.83. The molecule has 0 radical (unpaired) electrons. The lowest BCUT2D eigenvalue weighted by atomic mass is 10.2. The van der Waals surface area contributed by atoms with E-state index in [0.29, 0.717) is 17.9 Å². The Labute approximate surface area is 88.6 Å². The van der Waals surface area contributed by atoms with Crippen molar-refractivity contribution in [2.24, 2.45) is 0 Å². The van der Waals surface area contributed by atoms with Crippen molar-refractivity contribution in [2.45, 2.75) is 26.2 Å². The van der Waals surface area contributed by atoms with Crippen molar-refractivity contribution >= 4 is 5.95 Å². The Bertz CT molecular complexity index is 349. The van der Waals surface area contributed by atoms with Crippen molar-refractivity contribution in [3.8, 4) is 0 Å². The quantitative estimate of drug-likeness (QED) is 0.599. The van der Waals surface area contributed by atoms with Crippen LogP contribution < -0.4 is 10.9 Å². The van der Waals surface area contributed by atoms with Gasteiger partial charge in [0.15, 0.2) is 0 Å². The monoisotopic (exact) mass is 211 g/mol. The van der Waals surface area contributed by atoms with Gasteiger partial charge in [0, 0.05) is 31.3 Å². The van der Waals surface area contributed by atoms with Crippen molar-refractivity contribution in [1.29, 1.82) is 0 Å². The molecule has 0 spiro atoms. The van der Waals surface area contributed by atoms with Gasteiger partial charge in [-0.2, -0.15) is 0 Å². The number of hydrogen-bond donors (Lipinski definition) is 3. The van der Waals surface area contributed by atoms with Crippen LogP contribution in [0.25, 0.3) is 0 Å². The molecule has 0 saturated heterocycles. The summed E-state index contributed by atoms with van der Waals surface area (Å²) in [6.45, 7) is 2.87. The summed E-state index contributed by atoms with van der Waals surface area (Å²) < 4.78 is 0. The SMILES string of the molecule is CCCCNc1ncc(CCO)c(=O)[nH]1. The molecule has 1 aromatic heterocycles. The van der Waals surface area contributed by atoms with Crippen LogP contribution in [-0.2, 0) is 6.42 Å². The molecule has 84 valence electrons. The zero-order valence-corrected chi connectivity index (χ0v) is 8.92. The van der Waals surface area contributed by atoms with Gasteiger partial charge in [0.05, 0.1) is 0 Å². The third-order valence-electron chi connectivity index (χ3n) is 2.08. The lowest BCUT2D eigenvalue weighted by molar-refractivity contribution is 0.299. The van der Waals surface area contributed by atoms with E-state index in [1.807, 2.05) is 0 Å². The number of aliphatic hydroxyl groups excluding tert-OH is 1. The number of unbranched alkanes of at least 4 members (excludes halogenated alkanes) is 1. The molecule has 5 nitrogen and oxygen atoms in total. The van der Waals surface area contributed by atoms with Crippen LogP contribution in [0.4, 0.5) is 5.95 Å². The molecule has 0 aliphatic heterocycles. The van der Waals surface area contributed by atoms with E-state index >= 15 is 0 Å². The van der Waals surface area contributed by atoms with E-state index < -0.39 is 0 Å². The van der Waals surface area contributed by atoms with Gasteiger partial charge in [-0.3, -0.25) is 9.78 Å². The number of nitrogens with zero attached hydrogens (tertiary/aromatic N) is 1. The van der Waals surface area contributed by atoms with Crippen molar-refractivity contribution in [3.63, 3.8) is 0 Å². The number of aromatic nitrogens is 2. The molecule has 1 aromatic rings. The van der Waals surface area contributed by atoms with E-state index in [-0.39, 0.29) is 12.2 Å². The maximum atomic E-state index is 11.4. The summed E-state index contributed by atoms with van der Waals surface area (Å²) >= 11 is 0. The molecule has 1 rings (SSSR count). The van der Waals surface area contributed by atoms with Gasteiger partial charge in [0.1, 0.15) is 0 Å². The van der Waals surface area contributed by atoms with Gasteiger partial charge in [-0.15, -0.1) is 0 Å². The minimum Gasteiger partial charge on any atom is -0.396 e. The zero-order chi connectivity index (χ0) is 11.1. The second kappa shape index (κ2) is 6.19. The molecule has 0 saturated carbocycles. The number of H-pyrrole nitrogens is 1. The first-order chi connectivity index (χ1) is 7.27. The third-order valence-corrected chi connectivity index (χ3v) is 2.08. The molecule has 0 aliphatic rings. The fraction of sp³-hybridized carbons (Fsp3) is 0.600. The molecule has 15 heavy (non-hydrogen) atoms. The van der Waals surface area contributed by atoms with Crippen LogP contribution in [0, 0.1) is 0 Å². The number of rotatable bonds is 6. The van der Waals surface area contributed by atoms with Crippen LogP contribution in [0.15, 0.2) is 11.0 Å². The van der Waals surface area contributed by atoms with Gasteiger partial charge in [0.25, 0.3) is 5.56 Å². The number of aliphatic hydroxyl groups is 1. The van der Waals surface area contributed by atoms with Gasteiger partial charge < -0.3 is 10.4 Å². The first kappa shape index (κ1) is 11.7. The minimum absolute atomic E-state index is 0.0344. The maximum Gasteiger partial charge on any atom is 0.255 e. The Balaban J connectivity index is 2.61. The van der Waals surface area contributed by atoms with Crippen molar-refractivity contribution in [1.82, 2.24) is 9.97 Å².